The van der Waals surface area contributed by atoms with Crippen molar-refractivity contribution in [1.29, 1.82) is 0 Å². The van der Waals surface area contributed by atoms with Crippen molar-refractivity contribution in [2.24, 2.45) is 5.10 Å². The number of hydrogen-bond donors (Lipinski definition) is 2. The second-order valence-corrected chi connectivity index (χ2v) is 6.61. The predicted molar refractivity (Wildman–Crippen MR) is 114 cm³/mol. The van der Waals surface area contributed by atoms with Crippen molar-refractivity contribution in [3.05, 3.63) is 63.3 Å². The Morgan fingerprint density at radius 3 is 2.53 bits per heavy atom. The summed E-state index contributed by atoms with van der Waals surface area (Å²) in [5.74, 6) is -0.436. The largest absolute Gasteiger partial charge is 0.372 e. The van der Waals surface area contributed by atoms with Gasteiger partial charge in [-0.1, -0.05) is 12.1 Å². The van der Waals surface area contributed by atoms with Gasteiger partial charge in [0.1, 0.15) is 11.4 Å². The maximum Gasteiger partial charge on any atom is 0.290 e. The number of anilines is 1. The van der Waals surface area contributed by atoms with Gasteiger partial charge in [0.2, 0.25) is 0 Å². The molecule has 0 spiro atoms. The minimum Gasteiger partial charge on any atom is -0.372 e. The number of benzene rings is 1. The van der Waals surface area contributed by atoms with Gasteiger partial charge in [0, 0.05) is 18.8 Å². The highest BCUT2D eigenvalue weighted by atomic mass is 16.2. The molecule has 10 nitrogen and oxygen atoms in total. The van der Waals surface area contributed by atoms with Crippen molar-refractivity contribution in [1.82, 2.24) is 30.4 Å². The molecule has 0 atom stereocenters. The van der Waals surface area contributed by atoms with Crippen LogP contribution < -0.4 is 15.9 Å². The quantitative estimate of drug-likeness (QED) is 0.452. The number of aromatic nitrogens is 5. The van der Waals surface area contributed by atoms with E-state index in [4.69, 9.17) is 0 Å². The van der Waals surface area contributed by atoms with Gasteiger partial charge in [-0.2, -0.15) is 14.9 Å². The minimum absolute atomic E-state index is 0.0554. The van der Waals surface area contributed by atoms with Crippen molar-refractivity contribution in [3.63, 3.8) is 0 Å². The van der Waals surface area contributed by atoms with E-state index in [0.717, 1.165) is 24.3 Å². The van der Waals surface area contributed by atoms with Gasteiger partial charge in [0.05, 0.1) is 11.9 Å². The number of aromatic amines is 1. The van der Waals surface area contributed by atoms with E-state index in [-0.39, 0.29) is 17.3 Å². The molecule has 0 aliphatic rings. The van der Waals surface area contributed by atoms with Crippen LogP contribution in [0.25, 0.3) is 5.95 Å². The number of hydrogen-bond acceptors (Lipinski definition) is 7. The molecule has 1 aromatic carbocycles. The third-order valence-corrected chi connectivity index (χ3v) is 4.51. The fourth-order valence-electron chi connectivity index (χ4n) is 2.89. The molecule has 0 unspecified atom stereocenters. The summed E-state index contributed by atoms with van der Waals surface area (Å²) in [6.07, 6.45) is 1.56. The molecule has 2 N–H and O–H groups in total. The lowest BCUT2D eigenvalue weighted by atomic mass is 10.2. The van der Waals surface area contributed by atoms with Crippen LogP contribution in [-0.4, -0.2) is 50.2 Å². The molecule has 1 amide bonds. The third kappa shape index (κ3) is 4.59. The van der Waals surface area contributed by atoms with Gasteiger partial charge in [-0.25, -0.2) is 5.43 Å². The maximum absolute atomic E-state index is 12.6. The summed E-state index contributed by atoms with van der Waals surface area (Å²) in [5.41, 5.74) is 5.05. The fraction of sp³-hybridized carbons (Fsp3) is 0.300. The Kier molecular flexibility index (Phi) is 6.35. The predicted octanol–water partition coefficient (Wildman–Crippen LogP) is 1.58. The van der Waals surface area contributed by atoms with E-state index in [2.05, 4.69) is 49.6 Å². The van der Waals surface area contributed by atoms with Crippen LogP contribution >= 0.6 is 0 Å². The van der Waals surface area contributed by atoms with E-state index in [1.807, 2.05) is 24.3 Å². The Hall–Kier alpha value is -3.82. The lowest BCUT2D eigenvalue weighted by Gasteiger charge is -2.20. The highest BCUT2D eigenvalue weighted by Gasteiger charge is 2.17. The summed E-state index contributed by atoms with van der Waals surface area (Å²) in [7, 11) is 0. The summed E-state index contributed by atoms with van der Waals surface area (Å²) in [6, 6.07) is 9.47. The number of hydrazone groups is 1. The zero-order valence-electron chi connectivity index (χ0n) is 17.4. The van der Waals surface area contributed by atoms with Gasteiger partial charge < -0.3 is 4.90 Å². The van der Waals surface area contributed by atoms with Crippen LogP contribution in [0.2, 0.25) is 0 Å². The van der Waals surface area contributed by atoms with Gasteiger partial charge in [-0.3, -0.25) is 14.6 Å². The zero-order valence-corrected chi connectivity index (χ0v) is 17.4. The number of rotatable bonds is 7. The molecule has 0 saturated carbocycles. The Morgan fingerprint density at radius 1 is 1.20 bits per heavy atom. The van der Waals surface area contributed by atoms with E-state index in [1.165, 1.54) is 4.68 Å². The van der Waals surface area contributed by atoms with E-state index in [0.29, 0.717) is 5.69 Å². The summed E-state index contributed by atoms with van der Waals surface area (Å²) in [4.78, 5) is 29.2. The first kappa shape index (κ1) is 20.9. The summed E-state index contributed by atoms with van der Waals surface area (Å²) < 4.78 is 1.23. The number of H-pyrrole nitrogens is 1. The highest BCUT2D eigenvalue weighted by Crippen LogP contribution is 2.14. The maximum atomic E-state index is 12.6. The van der Waals surface area contributed by atoms with Crippen LogP contribution in [0.1, 0.15) is 41.3 Å². The first-order chi connectivity index (χ1) is 14.4. The SMILES string of the molecule is CCN(CC)c1ccc(/C=N\NC(=O)c2cc(C)nn2-c2nnc(C)c(=O)[nH]2)cc1. The number of nitrogens with one attached hydrogen (secondary N) is 2. The lowest BCUT2D eigenvalue weighted by Crippen LogP contribution is -2.24. The molecule has 3 aromatic rings. The summed E-state index contributed by atoms with van der Waals surface area (Å²) in [6.45, 7) is 9.36. The molecular formula is C20H24N8O2. The van der Waals surface area contributed by atoms with Crippen LogP contribution in [-0.2, 0) is 0 Å². The van der Waals surface area contributed by atoms with Crippen molar-refractivity contribution >= 4 is 17.8 Å². The van der Waals surface area contributed by atoms with Crippen molar-refractivity contribution in [2.45, 2.75) is 27.7 Å². The molecule has 0 aliphatic carbocycles. The average Bonchev–Trinajstić information content (AvgIpc) is 3.14. The summed E-state index contributed by atoms with van der Waals surface area (Å²) in [5, 5.41) is 15.9. The van der Waals surface area contributed by atoms with E-state index in [1.54, 1.807) is 26.1 Å². The molecular weight excluding hydrogens is 384 g/mol. The van der Waals surface area contributed by atoms with E-state index < -0.39 is 11.5 Å². The van der Waals surface area contributed by atoms with Gasteiger partial charge in [0.25, 0.3) is 17.4 Å². The first-order valence-corrected chi connectivity index (χ1v) is 9.62. The number of nitrogens with zero attached hydrogens (tertiary/aromatic N) is 6. The van der Waals surface area contributed by atoms with Gasteiger partial charge in [-0.15, -0.1) is 10.2 Å². The van der Waals surface area contributed by atoms with E-state index in [9.17, 15) is 9.59 Å². The number of aryl methyl sites for hydroxylation is 2. The molecule has 10 heteroatoms. The van der Waals surface area contributed by atoms with Crippen LogP contribution in [0.5, 0.6) is 0 Å². The number of carbonyl (C=O) groups is 1. The van der Waals surface area contributed by atoms with Crippen LogP contribution in [0.3, 0.4) is 0 Å². The second-order valence-electron chi connectivity index (χ2n) is 6.61. The summed E-state index contributed by atoms with van der Waals surface area (Å²) >= 11 is 0. The standard InChI is InChI=1S/C20H24N8O2/c1-5-27(6-2)16-9-7-15(8-10-16)12-21-24-19(30)17-11-13(3)26-28(17)20-22-18(29)14(4)23-25-20/h7-12H,5-6H2,1-4H3,(H,24,30)(H,22,25,29)/b21-12-. The van der Waals surface area contributed by atoms with E-state index >= 15 is 0 Å². The number of carbonyl (C=O) groups excluding carboxylic acids is 1. The Morgan fingerprint density at radius 2 is 1.90 bits per heavy atom. The van der Waals surface area contributed by atoms with Gasteiger partial charge >= 0.3 is 0 Å². The van der Waals surface area contributed by atoms with Gasteiger partial charge in [0.15, 0.2) is 0 Å². The lowest BCUT2D eigenvalue weighted by molar-refractivity contribution is 0.0947. The zero-order chi connectivity index (χ0) is 21.7. The van der Waals surface area contributed by atoms with Crippen molar-refractivity contribution in [3.8, 4) is 5.95 Å². The first-order valence-electron chi connectivity index (χ1n) is 9.62. The van der Waals surface area contributed by atoms with Crippen molar-refractivity contribution < 1.29 is 4.79 Å². The molecule has 0 radical (unpaired) electrons. The molecule has 30 heavy (non-hydrogen) atoms. The second kappa shape index (κ2) is 9.12. The molecule has 0 bridgehead atoms. The Bertz CT molecular complexity index is 1110. The monoisotopic (exact) mass is 408 g/mol. The molecule has 3 rings (SSSR count). The molecule has 0 aliphatic heterocycles. The molecule has 0 fully saturated rings. The topological polar surface area (TPSA) is 121 Å². The van der Waals surface area contributed by atoms with Gasteiger partial charge in [-0.05, 0) is 51.5 Å². The van der Waals surface area contributed by atoms with Crippen LogP contribution in [0.15, 0.2) is 40.2 Å². The smallest absolute Gasteiger partial charge is 0.290 e. The number of amides is 1. The fourth-order valence-corrected chi connectivity index (χ4v) is 2.89. The van der Waals surface area contributed by atoms with Crippen LogP contribution in [0, 0.1) is 13.8 Å². The van der Waals surface area contributed by atoms with Crippen LogP contribution in [0.4, 0.5) is 5.69 Å². The molecule has 0 saturated heterocycles. The Labute approximate surface area is 173 Å². The average molecular weight is 408 g/mol. The normalized spacial score (nSPS) is 11.1. The molecule has 2 aromatic heterocycles. The highest BCUT2D eigenvalue weighted by molar-refractivity contribution is 5.94. The molecule has 2 heterocycles. The third-order valence-electron chi connectivity index (χ3n) is 4.51. The Balaban J connectivity index is 1.74. The van der Waals surface area contributed by atoms with Crippen molar-refractivity contribution in [2.75, 3.05) is 18.0 Å². The minimum atomic E-state index is -0.491. The molecule has 156 valence electrons.